The van der Waals surface area contributed by atoms with E-state index in [9.17, 15) is 4.79 Å². The van der Waals surface area contributed by atoms with Crippen LogP contribution in [0.5, 0.6) is 0 Å². The minimum Gasteiger partial charge on any atom is -0.395 e. The van der Waals surface area contributed by atoms with Gasteiger partial charge in [0.2, 0.25) is 0 Å². The fraction of sp³-hybridized carbons (Fsp3) is 0.188. The Hall–Kier alpha value is -2.71. The molecule has 1 heterocycles. The maximum absolute atomic E-state index is 11.9. The Morgan fingerprint density at radius 1 is 1.29 bits per heavy atom. The highest BCUT2D eigenvalue weighted by molar-refractivity contribution is 5.91. The summed E-state index contributed by atoms with van der Waals surface area (Å²) in [5, 5.41) is 11.5. The van der Waals surface area contributed by atoms with Crippen LogP contribution in [-0.2, 0) is 6.54 Å². The number of benzene rings is 1. The molecule has 0 atom stereocenters. The van der Waals surface area contributed by atoms with E-state index >= 15 is 0 Å². The molecule has 0 bridgehead atoms. The maximum atomic E-state index is 11.9. The number of nitrogens with one attached hydrogen (secondary N) is 1. The van der Waals surface area contributed by atoms with Gasteiger partial charge >= 0.3 is 0 Å². The second-order valence-corrected chi connectivity index (χ2v) is 4.21. The summed E-state index contributed by atoms with van der Waals surface area (Å²) in [7, 11) is 0. The van der Waals surface area contributed by atoms with E-state index in [1.807, 2.05) is 24.3 Å². The largest absolute Gasteiger partial charge is 0.395 e. The van der Waals surface area contributed by atoms with Crippen molar-refractivity contribution in [1.29, 1.82) is 0 Å². The number of aromatic nitrogens is 2. The van der Waals surface area contributed by atoms with Crippen LogP contribution in [0, 0.1) is 11.8 Å². The van der Waals surface area contributed by atoms with Crippen molar-refractivity contribution < 1.29 is 9.90 Å². The van der Waals surface area contributed by atoms with Gasteiger partial charge in [-0.05, 0) is 11.6 Å². The summed E-state index contributed by atoms with van der Waals surface area (Å²) in [6, 6.07) is 7.56. The monoisotopic (exact) mass is 281 g/mol. The fourth-order valence-electron chi connectivity index (χ4n) is 1.69. The summed E-state index contributed by atoms with van der Waals surface area (Å²) < 4.78 is 0. The number of aliphatic hydroxyl groups is 1. The Bertz CT molecular complexity index is 660. The highest BCUT2D eigenvalue weighted by Gasteiger charge is 2.07. The first kappa shape index (κ1) is 14.7. The van der Waals surface area contributed by atoms with Gasteiger partial charge in [-0.2, -0.15) is 0 Å². The van der Waals surface area contributed by atoms with Crippen molar-refractivity contribution in [3.05, 3.63) is 59.7 Å². The zero-order valence-corrected chi connectivity index (χ0v) is 11.4. The minimum atomic E-state index is -0.277. The lowest BCUT2D eigenvalue weighted by Crippen LogP contribution is -2.24. The van der Waals surface area contributed by atoms with Crippen LogP contribution in [0.2, 0.25) is 0 Å². The van der Waals surface area contributed by atoms with Crippen molar-refractivity contribution in [3.8, 4) is 11.8 Å². The summed E-state index contributed by atoms with van der Waals surface area (Å²) in [6.07, 6.45) is 4.84. The van der Waals surface area contributed by atoms with Crippen LogP contribution in [0.4, 0.5) is 0 Å². The highest BCUT2D eigenvalue weighted by Crippen LogP contribution is 2.07. The lowest BCUT2D eigenvalue weighted by atomic mass is 10.1. The Morgan fingerprint density at radius 2 is 2.14 bits per heavy atom. The third kappa shape index (κ3) is 4.41. The van der Waals surface area contributed by atoms with E-state index in [1.54, 1.807) is 0 Å². The number of hydrogen-bond acceptors (Lipinski definition) is 4. The summed E-state index contributed by atoms with van der Waals surface area (Å²) in [6.45, 7) is 0.401. The number of carbonyl (C=O) groups excluding carboxylic acids is 1. The van der Waals surface area contributed by atoms with Gasteiger partial charge < -0.3 is 10.4 Å². The van der Waals surface area contributed by atoms with E-state index in [-0.39, 0.29) is 18.2 Å². The molecule has 5 nitrogen and oxygen atoms in total. The molecular weight excluding hydrogens is 266 g/mol. The number of amides is 1. The molecule has 106 valence electrons. The molecule has 0 aliphatic rings. The quantitative estimate of drug-likeness (QED) is 0.824. The van der Waals surface area contributed by atoms with Crippen LogP contribution < -0.4 is 5.32 Å². The van der Waals surface area contributed by atoms with Gasteiger partial charge in [0.15, 0.2) is 0 Å². The molecule has 2 aromatic rings. The molecule has 0 aliphatic carbocycles. The molecule has 2 rings (SSSR count). The van der Waals surface area contributed by atoms with Crippen molar-refractivity contribution >= 4 is 5.91 Å². The molecule has 21 heavy (non-hydrogen) atoms. The van der Waals surface area contributed by atoms with E-state index in [0.29, 0.717) is 13.0 Å². The predicted octanol–water partition coefficient (Wildman–Crippen LogP) is 1.14. The third-order valence-electron chi connectivity index (χ3n) is 2.71. The van der Waals surface area contributed by atoms with Crippen LogP contribution in [0.1, 0.15) is 28.0 Å². The summed E-state index contributed by atoms with van der Waals surface area (Å²) in [5.74, 6) is 5.59. The molecule has 1 aromatic heterocycles. The highest BCUT2D eigenvalue weighted by atomic mass is 16.2. The molecule has 5 heteroatoms. The topological polar surface area (TPSA) is 75.1 Å². The molecule has 2 N–H and O–H groups in total. The number of nitrogens with zero attached hydrogens (tertiary/aromatic N) is 2. The summed E-state index contributed by atoms with van der Waals surface area (Å²) in [4.78, 5) is 19.7. The van der Waals surface area contributed by atoms with Crippen LogP contribution in [0.15, 0.2) is 42.9 Å². The van der Waals surface area contributed by atoms with E-state index in [0.717, 1.165) is 11.1 Å². The summed E-state index contributed by atoms with van der Waals surface area (Å²) in [5.41, 5.74) is 2.03. The second kappa shape index (κ2) is 7.78. The van der Waals surface area contributed by atoms with E-state index in [2.05, 4.69) is 27.1 Å². The van der Waals surface area contributed by atoms with Gasteiger partial charge in [0.1, 0.15) is 5.69 Å². The first-order valence-electron chi connectivity index (χ1n) is 6.53. The van der Waals surface area contributed by atoms with Crippen molar-refractivity contribution in [1.82, 2.24) is 15.3 Å². The molecule has 0 saturated carbocycles. The zero-order valence-electron chi connectivity index (χ0n) is 11.4. The Labute approximate surface area is 123 Å². The zero-order chi connectivity index (χ0) is 14.9. The lowest BCUT2D eigenvalue weighted by molar-refractivity contribution is 0.0945. The van der Waals surface area contributed by atoms with Gasteiger partial charge in [-0.1, -0.05) is 30.0 Å². The number of carbonyl (C=O) groups is 1. The van der Waals surface area contributed by atoms with Gasteiger partial charge in [-0.25, -0.2) is 4.98 Å². The number of hydrogen-bond donors (Lipinski definition) is 2. The number of aliphatic hydroxyl groups excluding tert-OH is 1. The molecule has 0 aliphatic heterocycles. The normalized spacial score (nSPS) is 9.57. The lowest BCUT2D eigenvalue weighted by Gasteiger charge is -2.06. The van der Waals surface area contributed by atoms with Gasteiger partial charge in [0, 0.05) is 30.9 Å². The molecule has 0 unspecified atom stereocenters. The maximum Gasteiger partial charge on any atom is 0.271 e. The van der Waals surface area contributed by atoms with Crippen molar-refractivity contribution in [3.63, 3.8) is 0 Å². The minimum absolute atomic E-state index is 0.0403. The standard InChI is InChI=1S/C16H15N3O2/c20-10-4-3-6-13-5-1-2-7-14(13)11-19-16(21)15-12-17-8-9-18-15/h1-2,5,7-9,12,20H,4,10-11H2,(H,19,21). The Kier molecular flexibility index (Phi) is 5.44. The average molecular weight is 281 g/mol. The van der Waals surface area contributed by atoms with Crippen LogP contribution >= 0.6 is 0 Å². The fourth-order valence-corrected chi connectivity index (χ4v) is 1.69. The first-order valence-corrected chi connectivity index (χ1v) is 6.53. The van der Waals surface area contributed by atoms with E-state index < -0.39 is 0 Å². The smallest absolute Gasteiger partial charge is 0.271 e. The van der Waals surface area contributed by atoms with Crippen molar-refractivity contribution in [2.24, 2.45) is 0 Å². The second-order valence-electron chi connectivity index (χ2n) is 4.21. The predicted molar refractivity (Wildman–Crippen MR) is 78.2 cm³/mol. The van der Waals surface area contributed by atoms with Crippen LogP contribution in [-0.4, -0.2) is 27.6 Å². The molecule has 0 saturated heterocycles. The molecule has 1 aromatic carbocycles. The van der Waals surface area contributed by atoms with Gasteiger partial charge in [-0.15, -0.1) is 0 Å². The molecule has 0 spiro atoms. The number of rotatable bonds is 4. The Balaban J connectivity index is 2.04. The van der Waals surface area contributed by atoms with Crippen LogP contribution in [0.3, 0.4) is 0 Å². The van der Waals surface area contributed by atoms with Crippen LogP contribution in [0.25, 0.3) is 0 Å². The van der Waals surface area contributed by atoms with Crippen molar-refractivity contribution in [2.45, 2.75) is 13.0 Å². The van der Waals surface area contributed by atoms with Gasteiger partial charge in [0.25, 0.3) is 5.91 Å². The van der Waals surface area contributed by atoms with Crippen molar-refractivity contribution in [2.75, 3.05) is 6.61 Å². The SMILES string of the molecule is O=C(NCc1ccccc1C#CCCO)c1cnccn1. The van der Waals surface area contributed by atoms with E-state index in [1.165, 1.54) is 18.6 Å². The third-order valence-corrected chi connectivity index (χ3v) is 2.71. The molecule has 0 fully saturated rings. The summed E-state index contributed by atoms with van der Waals surface area (Å²) >= 11 is 0. The van der Waals surface area contributed by atoms with Gasteiger partial charge in [-0.3, -0.25) is 9.78 Å². The first-order chi connectivity index (χ1) is 10.3. The Morgan fingerprint density at radius 3 is 2.90 bits per heavy atom. The molecule has 0 radical (unpaired) electrons. The average Bonchev–Trinajstić information content (AvgIpc) is 2.54. The molecule has 1 amide bonds. The van der Waals surface area contributed by atoms with Gasteiger partial charge in [0.05, 0.1) is 12.8 Å². The van der Waals surface area contributed by atoms with E-state index in [4.69, 9.17) is 5.11 Å². The molecular formula is C16H15N3O2.